The van der Waals surface area contributed by atoms with E-state index in [0.717, 1.165) is 16.5 Å². The van der Waals surface area contributed by atoms with Crippen molar-refractivity contribution < 1.29 is 9.84 Å². The Kier molecular flexibility index (Phi) is 2.83. The third kappa shape index (κ3) is 1.68. The van der Waals surface area contributed by atoms with E-state index >= 15 is 0 Å². The molecule has 0 aliphatic carbocycles. The van der Waals surface area contributed by atoms with Gasteiger partial charge in [-0.05, 0) is 53.3 Å². The summed E-state index contributed by atoms with van der Waals surface area (Å²) in [5.74, 6) is 0.789. The van der Waals surface area contributed by atoms with Crippen molar-refractivity contribution in [3.05, 3.63) is 21.3 Å². The molecule has 1 heterocycles. The van der Waals surface area contributed by atoms with Crippen molar-refractivity contribution in [1.82, 2.24) is 5.32 Å². The first-order valence-electron chi connectivity index (χ1n) is 4.52. The summed E-state index contributed by atoms with van der Waals surface area (Å²) in [6.45, 7) is 1.07. The molecule has 1 saturated heterocycles. The van der Waals surface area contributed by atoms with Gasteiger partial charge in [0.05, 0.1) is 10.7 Å². The Labute approximate surface area is 96.6 Å². The molecule has 1 atom stereocenters. The smallest absolute Gasteiger partial charge is 0.171 e. The van der Waals surface area contributed by atoms with Crippen molar-refractivity contribution in [2.45, 2.75) is 12.5 Å². The summed E-state index contributed by atoms with van der Waals surface area (Å²) in [4.78, 5) is 0. The predicted molar refractivity (Wildman–Crippen MR) is 62.7 cm³/mol. The third-order valence-corrected chi connectivity index (χ3v) is 3.32. The van der Waals surface area contributed by atoms with E-state index < -0.39 is 0 Å². The van der Waals surface area contributed by atoms with Gasteiger partial charge in [0.25, 0.3) is 0 Å². The summed E-state index contributed by atoms with van der Waals surface area (Å²) in [5.41, 5.74) is 1.19. The van der Waals surface area contributed by atoms with E-state index in [2.05, 4.69) is 27.9 Å². The number of rotatable bonds is 2. The molecule has 0 saturated carbocycles. The lowest BCUT2D eigenvalue weighted by Gasteiger charge is -2.28. The van der Waals surface area contributed by atoms with Gasteiger partial charge in [-0.25, -0.2) is 0 Å². The lowest BCUT2D eigenvalue weighted by Crippen LogP contribution is -2.34. The minimum atomic E-state index is 0.233. The van der Waals surface area contributed by atoms with Crippen LogP contribution in [0.15, 0.2) is 12.1 Å². The Morgan fingerprint density at radius 1 is 1.57 bits per heavy atom. The maximum Gasteiger partial charge on any atom is 0.171 e. The Hall–Kier alpha value is -0.490. The molecule has 2 N–H and O–H groups in total. The van der Waals surface area contributed by atoms with Gasteiger partial charge >= 0.3 is 0 Å². The Bertz CT molecular complexity index is 350. The number of nitrogens with one attached hydrogen (secondary N) is 1. The van der Waals surface area contributed by atoms with Crippen LogP contribution in [0.1, 0.15) is 18.0 Å². The van der Waals surface area contributed by atoms with Crippen LogP contribution in [-0.2, 0) is 0 Å². The molecule has 0 bridgehead atoms. The van der Waals surface area contributed by atoms with Gasteiger partial charge in [-0.3, -0.25) is 0 Å². The van der Waals surface area contributed by atoms with E-state index in [1.165, 1.54) is 5.56 Å². The molecule has 3 nitrogen and oxygen atoms in total. The first-order chi connectivity index (χ1) is 6.72. The molecule has 0 radical (unpaired) electrons. The summed E-state index contributed by atoms with van der Waals surface area (Å²) >= 11 is 2.11. The van der Waals surface area contributed by atoms with Crippen LogP contribution in [0.4, 0.5) is 0 Å². The maximum absolute atomic E-state index is 9.64. The SMILES string of the molecule is COc1cc(C2CCN2)cc(I)c1O. The highest BCUT2D eigenvalue weighted by Gasteiger charge is 2.20. The molecule has 14 heavy (non-hydrogen) atoms. The van der Waals surface area contributed by atoms with E-state index in [1.54, 1.807) is 7.11 Å². The molecule has 0 amide bonds. The van der Waals surface area contributed by atoms with Gasteiger partial charge in [0.1, 0.15) is 0 Å². The molecule has 1 aliphatic heterocycles. The number of benzene rings is 1. The Balaban J connectivity index is 2.37. The molecule has 1 aliphatic rings. The van der Waals surface area contributed by atoms with Gasteiger partial charge in [-0.1, -0.05) is 0 Å². The summed E-state index contributed by atoms with van der Waals surface area (Å²) < 4.78 is 5.94. The fraction of sp³-hybridized carbons (Fsp3) is 0.400. The zero-order valence-electron chi connectivity index (χ0n) is 7.88. The topological polar surface area (TPSA) is 41.5 Å². The number of methoxy groups -OCH3 is 1. The number of hydrogen-bond donors (Lipinski definition) is 2. The quantitative estimate of drug-likeness (QED) is 0.822. The second kappa shape index (κ2) is 3.94. The second-order valence-electron chi connectivity index (χ2n) is 3.35. The molecular formula is C10H12INO2. The number of hydrogen-bond acceptors (Lipinski definition) is 3. The largest absolute Gasteiger partial charge is 0.504 e. The van der Waals surface area contributed by atoms with Gasteiger partial charge in [-0.15, -0.1) is 0 Å². The number of phenols is 1. The summed E-state index contributed by atoms with van der Waals surface area (Å²) in [5, 5.41) is 13.0. The van der Waals surface area contributed by atoms with Crippen LogP contribution in [0.25, 0.3) is 0 Å². The van der Waals surface area contributed by atoms with Crippen LogP contribution in [0, 0.1) is 3.57 Å². The number of halogens is 1. The Morgan fingerprint density at radius 3 is 2.79 bits per heavy atom. The minimum Gasteiger partial charge on any atom is -0.504 e. The maximum atomic E-state index is 9.64. The molecular weight excluding hydrogens is 293 g/mol. The minimum absolute atomic E-state index is 0.233. The van der Waals surface area contributed by atoms with E-state index in [9.17, 15) is 5.11 Å². The van der Waals surface area contributed by atoms with Crippen LogP contribution in [-0.4, -0.2) is 18.8 Å². The van der Waals surface area contributed by atoms with E-state index in [4.69, 9.17) is 4.74 Å². The molecule has 2 rings (SSSR count). The molecule has 1 fully saturated rings. The average molecular weight is 305 g/mol. The zero-order valence-corrected chi connectivity index (χ0v) is 10.0. The third-order valence-electron chi connectivity index (χ3n) is 2.50. The molecule has 0 spiro atoms. The van der Waals surface area contributed by atoms with Crippen LogP contribution in [0.2, 0.25) is 0 Å². The molecule has 76 valence electrons. The van der Waals surface area contributed by atoms with Crippen molar-refractivity contribution in [2.75, 3.05) is 13.7 Å². The Morgan fingerprint density at radius 2 is 2.29 bits per heavy atom. The molecule has 1 unspecified atom stereocenters. The molecule has 4 heteroatoms. The van der Waals surface area contributed by atoms with E-state index in [0.29, 0.717) is 11.8 Å². The highest BCUT2D eigenvalue weighted by molar-refractivity contribution is 14.1. The van der Waals surface area contributed by atoms with Crippen LogP contribution in [0.5, 0.6) is 11.5 Å². The van der Waals surface area contributed by atoms with Gasteiger partial charge in [0, 0.05) is 6.04 Å². The summed E-state index contributed by atoms with van der Waals surface area (Å²) in [7, 11) is 1.57. The fourth-order valence-electron chi connectivity index (χ4n) is 1.52. The highest BCUT2D eigenvalue weighted by Crippen LogP contribution is 2.36. The normalized spacial score (nSPS) is 20.3. The fourth-order valence-corrected chi connectivity index (χ4v) is 2.15. The monoisotopic (exact) mass is 305 g/mol. The van der Waals surface area contributed by atoms with Crippen molar-refractivity contribution in [3.8, 4) is 11.5 Å². The van der Waals surface area contributed by atoms with Gasteiger partial charge in [0.15, 0.2) is 11.5 Å². The van der Waals surface area contributed by atoms with Crippen molar-refractivity contribution in [1.29, 1.82) is 0 Å². The molecule has 1 aromatic carbocycles. The van der Waals surface area contributed by atoms with Crippen molar-refractivity contribution in [3.63, 3.8) is 0 Å². The van der Waals surface area contributed by atoms with E-state index in [1.807, 2.05) is 12.1 Å². The number of aromatic hydroxyl groups is 1. The van der Waals surface area contributed by atoms with Crippen LogP contribution < -0.4 is 10.1 Å². The first kappa shape index (κ1) is 10.0. The lowest BCUT2D eigenvalue weighted by molar-refractivity contribution is 0.360. The second-order valence-corrected chi connectivity index (χ2v) is 4.51. The van der Waals surface area contributed by atoms with Gasteiger partial charge in [-0.2, -0.15) is 0 Å². The average Bonchev–Trinajstić information content (AvgIpc) is 2.08. The first-order valence-corrected chi connectivity index (χ1v) is 5.60. The number of phenolic OH excluding ortho intramolecular Hbond substituents is 1. The zero-order chi connectivity index (χ0) is 10.1. The van der Waals surface area contributed by atoms with E-state index in [-0.39, 0.29) is 5.75 Å². The highest BCUT2D eigenvalue weighted by atomic mass is 127. The molecule has 0 aromatic heterocycles. The van der Waals surface area contributed by atoms with Crippen LogP contribution >= 0.6 is 22.6 Å². The van der Waals surface area contributed by atoms with Crippen molar-refractivity contribution >= 4 is 22.6 Å². The standard InChI is InChI=1S/C10H12INO2/c1-14-9-5-6(8-2-3-12-8)4-7(11)10(9)13/h4-5,8,12-13H,2-3H2,1H3. The predicted octanol–water partition coefficient (Wildman–Crippen LogP) is 2.04. The van der Waals surface area contributed by atoms with Crippen molar-refractivity contribution in [2.24, 2.45) is 0 Å². The van der Waals surface area contributed by atoms with Gasteiger partial charge in [0.2, 0.25) is 0 Å². The number of ether oxygens (including phenoxy) is 1. The van der Waals surface area contributed by atoms with Crippen LogP contribution in [0.3, 0.4) is 0 Å². The van der Waals surface area contributed by atoms with Gasteiger partial charge < -0.3 is 15.2 Å². The lowest BCUT2D eigenvalue weighted by atomic mass is 9.98. The summed E-state index contributed by atoms with van der Waals surface area (Å²) in [6.07, 6.45) is 1.16. The summed E-state index contributed by atoms with van der Waals surface area (Å²) in [6, 6.07) is 4.32. The molecule has 1 aromatic rings.